The molecule has 1 aromatic carbocycles. The summed E-state index contributed by atoms with van der Waals surface area (Å²) in [4.78, 5) is 11.7. The van der Waals surface area contributed by atoms with E-state index in [-0.39, 0.29) is 12.5 Å². The first-order valence-electron chi connectivity index (χ1n) is 5.44. The van der Waals surface area contributed by atoms with Gasteiger partial charge >= 0.3 is 0 Å². The van der Waals surface area contributed by atoms with Crippen molar-refractivity contribution in [2.75, 3.05) is 11.9 Å². The topological polar surface area (TPSA) is 88.1 Å². The summed E-state index contributed by atoms with van der Waals surface area (Å²) in [5, 5.41) is 11.1. The van der Waals surface area contributed by atoms with Crippen molar-refractivity contribution in [2.45, 2.75) is 12.5 Å². The van der Waals surface area contributed by atoms with E-state index < -0.39 is 6.04 Å². The molecule has 94 valence electrons. The van der Waals surface area contributed by atoms with Crippen LogP contribution in [0.1, 0.15) is 6.42 Å². The summed E-state index contributed by atoms with van der Waals surface area (Å²) in [6.07, 6.45) is 2.01. The molecule has 0 fully saturated rings. The van der Waals surface area contributed by atoms with Gasteiger partial charge in [-0.15, -0.1) is 6.58 Å². The van der Waals surface area contributed by atoms with Crippen molar-refractivity contribution in [3.63, 3.8) is 0 Å². The van der Waals surface area contributed by atoms with Crippen molar-refractivity contribution in [1.82, 2.24) is 0 Å². The van der Waals surface area contributed by atoms with Gasteiger partial charge in [0.05, 0.1) is 6.04 Å². The van der Waals surface area contributed by atoms with Crippen molar-refractivity contribution in [1.29, 1.82) is 5.26 Å². The number of anilines is 1. The first kappa shape index (κ1) is 13.7. The van der Waals surface area contributed by atoms with E-state index in [0.717, 1.165) is 0 Å². The highest BCUT2D eigenvalue weighted by Crippen LogP contribution is 2.17. The van der Waals surface area contributed by atoms with Crippen molar-refractivity contribution in [2.24, 2.45) is 5.73 Å². The Morgan fingerprint density at radius 1 is 1.67 bits per heavy atom. The fraction of sp³-hybridized carbons (Fsp3) is 0.231. The number of carbonyl (C=O) groups is 1. The first-order valence-corrected chi connectivity index (χ1v) is 5.44. The minimum absolute atomic E-state index is 0.0343. The van der Waals surface area contributed by atoms with Crippen molar-refractivity contribution in [3.05, 3.63) is 36.9 Å². The normalized spacial score (nSPS) is 11.1. The standard InChI is InChI=1S/C13H15N3O2/c1-2-4-12(15)13(17)16-10-5-3-6-11(9-10)18-8-7-14/h2-3,5-6,9,12H,1,4,8,15H2,(H,16,17). The lowest BCUT2D eigenvalue weighted by molar-refractivity contribution is -0.117. The highest BCUT2D eigenvalue weighted by molar-refractivity contribution is 5.94. The number of nitrogens with one attached hydrogen (secondary N) is 1. The molecule has 3 N–H and O–H groups in total. The summed E-state index contributed by atoms with van der Waals surface area (Å²) in [6.45, 7) is 3.49. The molecule has 1 aromatic rings. The maximum Gasteiger partial charge on any atom is 0.241 e. The van der Waals surface area contributed by atoms with Gasteiger partial charge in [0, 0.05) is 11.8 Å². The van der Waals surface area contributed by atoms with Crippen molar-refractivity contribution in [3.8, 4) is 11.8 Å². The second-order valence-corrected chi connectivity index (χ2v) is 3.59. The van der Waals surface area contributed by atoms with Crippen LogP contribution in [0.25, 0.3) is 0 Å². The van der Waals surface area contributed by atoms with E-state index in [9.17, 15) is 4.79 Å². The van der Waals surface area contributed by atoms with E-state index in [0.29, 0.717) is 17.9 Å². The Morgan fingerprint density at radius 3 is 3.11 bits per heavy atom. The molecule has 0 aliphatic rings. The Morgan fingerprint density at radius 2 is 2.44 bits per heavy atom. The minimum Gasteiger partial charge on any atom is -0.479 e. The number of nitrogens with two attached hydrogens (primary N) is 1. The van der Waals surface area contributed by atoms with Gasteiger partial charge in [0.1, 0.15) is 11.8 Å². The maximum atomic E-state index is 11.7. The van der Waals surface area contributed by atoms with Crippen LogP contribution in [0, 0.1) is 11.3 Å². The Balaban J connectivity index is 2.64. The molecule has 5 heteroatoms. The highest BCUT2D eigenvalue weighted by Gasteiger charge is 2.11. The smallest absolute Gasteiger partial charge is 0.241 e. The molecule has 0 spiro atoms. The molecule has 0 radical (unpaired) electrons. The average molecular weight is 245 g/mol. The number of benzene rings is 1. The zero-order chi connectivity index (χ0) is 13.4. The largest absolute Gasteiger partial charge is 0.479 e. The molecule has 18 heavy (non-hydrogen) atoms. The summed E-state index contributed by atoms with van der Waals surface area (Å²) in [7, 11) is 0. The van der Waals surface area contributed by atoms with Crippen LogP contribution in [0.5, 0.6) is 5.75 Å². The van der Waals surface area contributed by atoms with Crippen LogP contribution in [-0.2, 0) is 4.79 Å². The minimum atomic E-state index is -0.619. The lowest BCUT2D eigenvalue weighted by atomic mass is 10.2. The van der Waals surface area contributed by atoms with Crippen LogP contribution >= 0.6 is 0 Å². The number of rotatable bonds is 6. The second-order valence-electron chi connectivity index (χ2n) is 3.59. The zero-order valence-electron chi connectivity index (χ0n) is 9.93. The Bertz CT molecular complexity index is 466. The van der Waals surface area contributed by atoms with Crippen LogP contribution in [-0.4, -0.2) is 18.6 Å². The fourth-order valence-electron chi connectivity index (χ4n) is 1.30. The number of carbonyl (C=O) groups excluding carboxylic acids is 1. The second kappa shape index (κ2) is 7.09. The van der Waals surface area contributed by atoms with Crippen LogP contribution in [0.3, 0.4) is 0 Å². The Labute approximate surface area is 106 Å². The highest BCUT2D eigenvalue weighted by atomic mass is 16.5. The molecule has 0 aromatic heterocycles. The number of nitriles is 1. The Hall–Kier alpha value is -2.32. The number of amides is 1. The molecule has 0 aliphatic carbocycles. The van der Waals surface area contributed by atoms with Gasteiger partial charge in [-0.25, -0.2) is 0 Å². The quantitative estimate of drug-likeness (QED) is 0.742. The Kier molecular flexibility index (Phi) is 5.42. The monoisotopic (exact) mass is 245 g/mol. The van der Waals surface area contributed by atoms with Crippen LogP contribution < -0.4 is 15.8 Å². The SMILES string of the molecule is C=CCC(N)C(=O)Nc1cccc(OCC#N)c1. The predicted octanol–water partition coefficient (Wildman–Crippen LogP) is 1.43. The van der Waals surface area contributed by atoms with E-state index in [1.54, 1.807) is 30.3 Å². The number of hydrogen-bond acceptors (Lipinski definition) is 4. The number of hydrogen-bond donors (Lipinski definition) is 2. The molecular formula is C13H15N3O2. The molecule has 5 nitrogen and oxygen atoms in total. The molecule has 0 saturated carbocycles. The third-order valence-electron chi connectivity index (χ3n) is 2.16. The van der Waals surface area contributed by atoms with Crippen LogP contribution in [0.4, 0.5) is 5.69 Å². The van der Waals surface area contributed by atoms with E-state index in [2.05, 4.69) is 11.9 Å². The molecule has 1 atom stereocenters. The van der Waals surface area contributed by atoms with Crippen LogP contribution in [0.2, 0.25) is 0 Å². The van der Waals surface area contributed by atoms with E-state index in [1.807, 2.05) is 6.07 Å². The summed E-state index contributed by atoms with van der Waals surface area (Å²) >= 11 is 0. The van der Waals surface area contributed by atoms with Gasteiger partial charge in [-0.1, -0.05) is 12.1 Å². The molecular weight excluding hydrogens is 230 g/mol. The number of nitrogens with zero attached hydrogens (tertiary/aromatic N) is 1. The van der Waals surface area contributed by atoms with Gasteiger partial charge in [-0.05, 0) is 18.6 Å². The molecule has 0 aliphatic heterocycles. The van der Waals surface area contributed by atoms with E-state index in [4.69, 9.17) is 15.7 Å². The van der Waals surface area contributed by atoms with Crippen LogP contribution in [0.15, 0.2) is 36.9 Å². The summed E-state index contributed by atoms with van der Waals surface area (Å²) in [5.74, 6) is 0.235. The van der Waals surface area contributed by atoms with Crippen molar-refractivity contribution < 1.29 is 9.53 Å². The van der Waals surface area contributed by atoms with E-state index in [1.165, 1.54) is 0 Å². The predicted molar refractivity (Wildman–Crippen MR) is 69.0 cm³/mol. The molecule has 0 heterocycles. The van der Waals surface area contributed by atoms with Gasteiger partial charge in [0.15, 0.2) is 6.61 Å². The van der Waals surface area contributed by atoms with Gasteiger partial charge in [-0.3, -0.25) is 4.79 Å². The molecule has 1 unspecified atom stereocenters. The zero-order valence-corrected chi connectivity index (χ0v) is 9.93. The van der Waals surface area contributed by atoms with Gasteiger partial charge in [0.25, 0.3) is 0 Å². The summed E-state index contributed by atoms with van der Waals surface area (Å²) in [5.41, 5.74) is 6.21. The molecule has 1 amide bonds. The summed E-state index contributed by atoms with van der Waals surface area (Å²) < 4.78 is 5.13. The van der Waals surface area contributed by atoms with Gasteiger partial charge in [-0.2, -0.15) is 5.26 Å². The first-order chi connectivity index (χ1) is 8.67. The lowest BCUT2D eigenvalue weighted by Gasteiger charge is -2.11. The maximum absolute atomic E-state index is 11.7. The van der Waals surface area contributed by atoms with E-state index >= 15 is 0 Å². The van der Waals surface area contributed by atoms with Crippen molar-refractivity contribution >= 4 is 11.6 Å². The fourth-order valence-corrected chi connectivity index (χ4v) is 1.30. The third kappa shape index (κ3) is 4.28. The van der Waals surface area contributed by atoms with Gasteiger partial charge in [0.2, 0.25) is 5.91 Å². The summed E-state index contributed by atoms with van der Waals surface area (Å²) in [6, 6.07) is 8.03. The number of ether oxygens (including phenoxy) is 1. The molecule has 1 rings (SSSR count). The third-order valence-corrected chi connectivity index (χ3v) is 2.16. The molecule has 0 bridgehead atoms. The molecule has 0 saturated heterocycles. The lowest BCUT2D eigenvalue weighted by Crippen LogP contribution is -2.35. The average Bonchev–Trinajstić information content (AvgIpc) is 2.37. The van der Waals surface area contributed by atoms with Gasteiger partial charge < -0.3 is 15.8 Å².